The minimum absolute atomic E-state index is 0.0596. The number of aliphatic imine (C=N–C) groups is 1. The van der Waals surface area contributed by atoms with Crippen molar-refractivity contribution < 1.29 is 14.3 Å². The molecular formula is C17H16ClFN4O2. The van der Waals surface area contributed by atoms with Gasteiger partial charge in [-0.25, -0.2) is 14.8 Å². The Morgan fingerprint density at radius 2 is 2.20 bits per heavy atom. The number of hydrogen-bond acceptors (Lipinski definition) is 5. The van der Waals surface area contributed by atoms with Gasteiger partial charge in [0.2, 0.25) is 0 Å². The fourth-order valence-corrected chi connectivity index (χ4v) is 3.50. The Hall–Kier alpha value is -2.38. The van der Waals surface area contributed by atoms with E-state index >= 15 is 0 Å². The van der Waals surface area contributed by atoms with E-state index < -0.39 is 5.82 Å². The van der Waals surface area contributed by atoms with Crippen molar-refractivity contribution in [3.05, 3.63) is 51.7 Å². The average molecular weight is 363 g/mol. The first-order chi connectivity index (χ1) is 11.9. The van der Waals surface area contributed by atoms with Gasteiger partial charge < -0.3 is 10.0 Å². The highest BCUT2D eigenvalue weighted by Crippen LogP contribution is 2.36. The van der Waals surface area contributed by atoms with Crippen LogP contribution in [0.5, 0.6) is 5.75 Å². The molecule has 0 aliphatic carbocycles. The number of hydrazine groups is 1. The zero-order chi connectivity index (χ0) is 17.9. The minimum atomic E-state index is -0.583. The zero-order valence-electron chi connectivity index (χ0n) is 13.7. The SMILES string of the molecule is CC1=NC2=C3CN(C(=O)c4ccc(F)cc4O)CC3NN2C(C)=C1Cl. The van der Waals surface area contributed by atoms with Gasteiger partial charge in [0.15, 0.2) is 0 Å². The Labute approximate surface area is 148 Å². The van der Waals surface area contributed by atoms with E-state index in [4.69, 9.17) is 11.6 Å². The third-order valence-electron chi connectivity index (χ3n) is 4.69. The molecule has 1 atom stereocenters. The highest BCUT2D eigenvalue weighted by atomic mass is 35.5. The van der Waals surface area contributed by atoms with Crippen molar-refractivity contribution in [2.45, 2.75) is 19.9 Å². The Morgan fingerprint density at radius 3 is 2.92 bits per heavy atom. The van der Waals surface area contributed by atoms with E-state index in [0.717, 1.165) is 34.9 Å². The molecule has 1 unspecified atom stereocenters. The van der Waals surface area contributed by atoms with Crippen LogP contribution in [0.25, 0.3) is 0 Å². The second-order valence-electron chi connectivity index (χ2n) is 6.31. The summed E-state index contributed by atoms with van der Waals surface area (Å²) in [5.74, 6) is -0.509. The molecule has 0 bridgehead atoms. The molecule has 0 aromatic heterocycles. The quantitative estimate of drug-likeness (QED) is 0.804. The third kappa shape index (κ3) is 2.42. The van der Waals surface area contributed by atoms with E-state index in [1.165, 1.54) is 6.07 Å². The molecule has 1 amide bonds. The monoisotopic (exact) mass is 362 g/mol. The lowest BCUT2D eigenvalue weighted by molar-refractivity contribution is 0.0782. The van der Waals surface area contributed by atoms with Crippen LogP contribution in [0.3, 0.4) is 0 Å². The number of likely N-dealkylation sites (tertiary alicyclic amines) is 1. The summed E-state index contributed by atoms with van der Waals surface area (Å²) in [6.07, 6.45) is 0. The molecule has 1 fully saturated rings. The number of benzene rings is 1. The van der Waals surface area contributed by atoms with Crippen LogP contribution in [-0.4, -0.2) is 45.8 Å². The molecule has 130 valence electrons. The van der Waals surface area contributed by atoms with Gasteiger partial charge in [0.25, 0.3) is 5.91 Å². The average Bonchev–Trinajstić information content (AvgIpc) is 3.11. The lowest BCUT2D eigenvalue weighted by Gasteiger charge is -2.28. The van der Waals surface area contributed by atoms with Crippen LogP contribution in [0.1, 0.15) is 24.2 Å². The summed E-state index contributed by atoms with van der Waals surface area (Å²) in [6, 6.07) is 3.34. The van der Waals surface area contributed by atoms with Crippen molar-refractivity contribution in [3.8, 4) is 5.75 Å². The van der Waals surface area contributed by atoms with Gasteiger partial charge in [-0.15, -0.1) is 0 Å². The molecular weight excluding hydrogens is 347 g/mol. The number of fused-ring (bicyclic) bond motifs is 2. The van der Waals surface area contributed by atoms with Crippen LogP contribution < -0.4 is 5.43 Å². The maximum Gasteiger partial charge on any atom is 0.257 e. The maximum atomic E-state index is 13.1. The van der Waals surface area contributed by atoms with Gasteiger partial charge in [0, 0.05) is 24.7 Å². The number of halogens is 2. The van der Waals surface area contributed by atoms with Crippen molar-refractivity contribution in [2.75, 3.05) is 13.1 Å². The molecule has 3 aliphatic rings. The van der Waals surface area contributed by atoms with E-state index in [1.807, 2.05) is 18.9 Å². The summed E-state index contributed by atoms with van der Waals surface area (Å²) in [4.78, 5) is 18.8. The van der Waals surface area contributed by atoms with Gasteiger partial charge >= 0.3 is 0 Å². The maximum absolute atomic E-state index is 13.1. The molecule has 8 heteroatoms. The summed E-state index contributed by atoms with van der Waals surface area (Å²) >= 11 is 6.25. The van der Waals surface area contributed by atoms with Gasteiger partial charge in [0.1, 0.15) is 17.4 Å². The predicted molar refractivity (Wildman–Crippen MR) is 91.4 cm³/mol. The number of nitrogens with one attached hydrogen (secondary N) is 1. The predicted octanol–water partition coefficient (Wildman–Crippen LogP) is 2.33. The van der Waals surface area contributed by atoms with Crippen LogP contribution in [0, 0.1) is 5.82 Å². The van der Waals surface area contributed by atoms with Crippen molar-refractivity contribution >= 4 is 23.2 Å². The van der Waals surface area contributed by atoms with E-state index in [-0.39, 0.29) is 23.3 Å². The molecule has 4 rings (SSSR count). The number of aromatic hydroxyl groups is 1. The Balaban J connectivity index is 1.63. The molecule has 3 heterocycles. The molecule has 1 saturated heterocycles. The van der Waals surface area contributed by atoms with Crippen LogP contribution in [0.4, 0.5) is 4.39 Å². The van der Waals surface area contributed by atoms with Crippen molar-refractivity contribution in [1.82, 2.24) is 15.3 Å². The number of carbonyl (C=O) groups excluding carboxylic acids is 1. The van der Waals surface area contributed by atoms with Gasteiger partial charge in [-0.2, -0.15) is 0 Å². The summed E-state index contributed by atoms with van der Waals surface area (Å²) in [7, 11) is 0. The number of rotatable bonds is 1. The number of amides is 1. The number of carbonyl (C=O) groups is 1. The normalized spacial score (nSPS) is 22.4. The lowest BCUT2D eigenvalue weighted by atomic mass is 10.1. The second-order valence-corrected chi connectivity index (χ2v) is 6.69. The highest BCUT2D eigenvalue weighted by molar-refractivity contribution is 6.43. The van der Waals surface area contributed by atoms with Crippen LogP contribution in [-0.2, 0) is 0 Å². The first-order valence-corrected chi connectivity index (χ1v) is 8.23. The number of hydrogen-bond donors (Lipinski definition) is 2. The lowest BCUT2D eigenvalue weighted by Crippen LogP contribution is -2.41. The Kier molecular flexibility index (Phi) is 3.59. The molecule has 0 spiro atoms. The summed E-state index contributed by atoms with van der Waals surface area (Å²) < 4.78 is 13.1. The van der Waals surface area contributed by atoms with Gasteiger partial charge in [-0.1, -0.05) is 11.6 Å². The largest absolute Gasteiger partial charge is 0.507 e. The molecule has 0 radical (unpaired) electrons. The van der Waals surface area contributed by atoms with E-state index in [9.17, 15) is 14.3 Å². The fraction of sp³-hybridized carbons (Fsp3) is 0.294. The standard InChI is InChI=1S/C17H16ClFN4O2/c1-8-15(18)9(2)23-16(20-8)12-6-22(7-13(12)21-23)17(25)11-4-3-10(19)5-14(11)24/h3-5,13,21,24H,6-7H2,1-2H3. The van der Waals surface area contributed by atoms with Gasteiger partial charge in [-0.05, 0) is 26.0 Å². The zero-order valence-corrected chi connectivity index (χ0v) is 14.4. The molecule has 6 nitrogen and oxygen atoms in total. The van der Waals surface area contributed by atoms with Gasteiger partial charge in [0.05, 0.1) is 28.0 Å². The topological polar surface area (TPSA) is 68.2 Å². The third-order valence-corrected chi connectivity index (χ3v) is 5.24. The van der Waals surface area contributed by atoms with Crippen molar-refractivity contribution in [2.24, 2.45) is 4.99 Å². The Bertz CT molecular complexity index is 893. The summed E-state index contributed by atoms with van der Waals surface area (Å²) in [6.45, 7) is 4.58. The van der Waals surface area contributed by atoms with Crippen LogP contribution >= 0.6 is 11.6 Å². The first kappa shape index (κ1) is 16.1. The summed E-state index contributed by atoms with van der Waals surface area (Å²) in [5.41, 5.74) is 6.01. The molecule has 3 aliphatic heterocycles. The van der Waals surface area contributed by atoms with Crippen LogP contribution in [0.15, 0.2) is 45.3 Å². The number of allylic oxidation sites excluding steroid dienone is 2. The van der Waals surface area contributed by atoms with Crippen LogP contribution in [0.2, 0.25) is 0 Å². The molecule has 2 N–H and O–H groups in total. The molecule has 0 saturated carbocycles. The van der Waals surface area contributed by atoms with E-state index in [0.29, 0.717) is 18.1 Å². The number of nitrogens with zero attached hydrogens (tertiary/aromatic N) is 3. The summed E-state index contributed by atoms with van der Waals surface area (Å²) in [5, 5.41) is 12.3. The van der Waals surface area contributed by atoms with E-state index in [1.54, 1.807) is 4.90 Å². The molecule has 25 heavy (non-hydrogen) atoms. The second kappa shape index (κ2) is 5.57. The minimum Gasteiger partial charge on any atom is -0.507 e. The number of phenols is 1. The van der Waals surface area contributed by atoms with Gasteiger partial charge in [-0.3, -0.25) is 9.80 Å². The van der Waals surface area contributed by atoms with Crippen molar-refractivity contribution in [3.63, 3.8) is 0 Å². The molecule has 1 aromatic carbocycles. The first-order valence-electron chi connectivity index (χ1n) is 7.86. The Morgan fingerprint density at radius 1 is 1.44 bits per heavy atom. The highest BCUT2D eigenvalue weighted by Gasteiger charge is 2.42. The molecule has 1 aromatic rings. The smallest absolute Gasteiger partial charge is 0.257 e. The number of phenolic OH excluding ortho intramolecular Hbond substituents is 1. The van der Waals surface area contributed by atoms with E-state index in [2.05, 4.69) is 10.4 Å². The fourth-order valence-electron chi connectivity index (χ4n) is 3.37. The van der Waals surface area contributed by atoms with Crippen molar-refractivity contribution in [1.29, 1.82) is 0 Å².